The molecule has 3 rings (SSSR count). The van der Waals surface area contributed by atoms with Crippen LogP contribution in [0.4, 0.5) is 15.2 Å². The Morgan fingerprint density at radius 1 is 1.38 bits per heavy atom. The Labute approximate surface area is 196 Å². The van der Waals surface area contributed by atoms with Crippen molar-refractivity contribution in [1.82, 2.24) is 9.88 Å². The van der Waals surface area contributed by atoms with Gasteiger partial charge < -0.3 is 15.3 Å². The van der Waals surface area contributed by atoms with Gasteiger partial charge in [0.15, 0.2) is 5.13 Å². The molecule has 1 aliphatic rings. The maximum atomic E-state index is 14.8. The highest BCUT2D eigenvalue weighted by Gasteiger charge is 2.29. The summed E-state index contributed by atoms with van der Waals surface area (Å²) in [7, 11) is -2.05. The molecule has 1 aromatic carbocycles. The Morgan fingerprint density at radius 3 is 2.62 bits per heavy atom. The van der Waals surface area contributed by atoms with E-state index in [2.05, 4.69) is 33.9 Å². The predicted octanol–water partition coefficient (Wildman–Crippen LogP) is 4.42. The second-order valence-corrected chi connectivity index (χ2v) is 10.4. The second-order valence-electron chi connectivity index (χ2n) is 7.44. The topological polar surface area (TPSA) is 112 Å². The maximum absolute atomic E-state index is 14.8. The zero-order valence-electron chi connectivity index (χ0n) is 18.1. The fourth-order valence-electron chi connectivity index (χ4n) is 3.66. The van der Waals surface area contributed by atoms with Crippen LogP contribution in [0.3, 0.4) is 0 Å². The molecule has 0 unspecified atom stereocenters. The van der Waals surface area contributed by atoms with Gasteiger partial charge in [0.25, 0.3) is 16.5 Å². The number of likely N-dealkylation sites (N-methyl/N-ethyl adjacent to an activating group) is 1. The maximum Gasteiger partial charge on any atom is 0.290 e. The van der Waals surface area contributed by atoms with Gasteiger partial charge in [-0.1, -0.05) is 31.4 Å². The third-order valence-electron chi connectivity index (χ3n) is 5.29. The van der Waals surface area contributed by atoms with Crippen molar-refractivity contribution >= 4 is 50.3 Å². The van der Waals surface area contributed by atoms with E-state index in [-0.39, 0.29) is 22.7 Å². The van der Waals surface area contributed by atoms with Crippen LogP contribution < -0.4 is 10.0 Å². The lowest BCUT2D eigenvalue weighted by atomic mass is 9.89. The zero-order valence-corrected chi connectivity index (χ0v) is 20.5. The van der Waals surface area contributed by atoms with Crippen molar-refractivity contribution in [3.8, 4) is 0 Å². The lowest BCUT2D eigenvalue weighted by Gasteiger charge is -2.38. The average Bonchev–Trinajstić information content (AvgIpc) is 3.14. The number of nitrogens with one attached hydrogen (secondary N) is 2. The normalized spacial score (nSPS) is 18.6. The third kappa shape index (κ3) is 6.77. The van der Waals surface area contributed by atoms with Crippen LogP contribution in [0.2, 0.25) is 5.02 Å². The van der Waals surface area contributed by atoms with E-state index in [4.69, 9.17) is 21.5 Å². The van der Waals surface area contributed by atoms with Crippen LogP contribution in [0.15, 0.2) is 22.4 Å². The molecular formula is C20H28ClFN4O4S2. The minimum absolute atomic E-state index is 0.129. The van der Waals surface area contributed by atoms with Crippen molar-refractivity contribution in [2.24, 2.45) is 0 Å². The van der Waals surface area contributed by atoms with Crippen molar-refractivity contribution in [2.45, 2.75) is 56.5 Å². The number of rotatable bonds is 7. The van der Waals surface area contributed by atoms with Crippen molar-refractivity contribution in [2.75, 3.05) is 23.6 Å². The van der Waals surface area contributed by atoms with Gasteiger partial charge in [0.05, 0.1) is 16.4 Å². The first-order valence-corrected chi connectivity index (χ1v) is 12.9. The van der Waals surface area contributed by atoms with E-state index in [1.165, 1.54) is 6.07 Å². The number of aryl methyl sites for hydroxylation is 1. The van der Waals surface area contributed by atoms with Crippen LogP contribution in [-0.2, 0) is 14.8 Å². The molecule has 0 radical (unpaired) electrons. The second kappa shape index (κ2) is 11.8. The predicted molar refractivity (Wildman–Crippen MR) is 126 cm³/mol. The molecule has 0 aliphatic heterocycles. The zero-order chi connectivity index (χ0) is 23.9. The van der Waals surface area contributed by atoms with Crippen molar-refractivity contribution < 1.29 is 22.7 Å². The van der Waals surface area contributed by atoms with Crippen LogP contribution in [-0.4, -0.2) is 55.6 Å². The molecule has 0 saturated heterocycles. The summed E-state index contributed by atoms with van der Waals surface area (Å²) in [5, 5.41) is 12.3. The lowest BCUT2D eigenvalue weighted by molar-refractivity contribution is -0.122. The molecule has 0 spiro atoms. The van der Waals surface area contributed by atoms with E-state index in [0.717, 1.165) is 49.6 Å². The van der Waals surface area contributed by atoms with Gasteiger partial charge in [-0.25, -0.2) is 17.8 Å². The van der Waals surface area contributed by atoms with E-state index >= 15 is 0 Å². The van der Waals surface area contributed by atoms with E-state index in [1.807, 2.05) is 0 Å². The molecule has 1 aromatic heterocycles. The van der Waals surface area contributed by atoms with E-state index < -0.39 is 20.7 Å². The van der Waals surface area contributed by atoms with Gasteiger partial charge >= 0.3 is 0 Å². The highest BCUT2D eigenvalue weighted by atomic mass is 35.5. The summed E-state index contributed by atoms with van der Waals surface area (Å²) in [5.74, 6) is -0.853. The minimum atomic E-state index is -4.13. The first kappa shape index (κ1) is 26.3. The molecule has 178 valence electrons. The Kier molecular flexibility index (Phi) is 9.68. The third-order valence-corrected chi connectivity index (χ3v) is 7.96. The Balaban J connectivity index is 0.00000114. The molecule has 0 amide bonds. The fourth-order valence-corrected chi connectivity index (χ4v) is 5.97. The van der Waals surface area contributed by atoms with Gasteiger partial charge in [0, 0.05) is 17.5 Å². The van der Waals surface area contributed by atoms with Crippen LogP contribution in [0.1, 0.15) is 38.3 Å². The first-order valence-electron chi connectivity index (χ1n) is 10.1. The van der Waals surface area contributed by atoms with Gasteiger partial charge in [-0.15, -0.1) is 11.3 Å². The molecule has 1 heterocycles. The van der Waals surface area contributed by atoms with Gasteiger partial charge in [0.2, 0.25) is 0 Å². The number of carboxylic acid groups (broad SMARTS) is 1. The molecular weight excluding hydrogens is 479 g/mol. The Hall–Kier alpha value is -1.95. The number of halogens is 2. The van der Waals surface area contributed by atoms with Crippen LogP contribution in [0.5, 0.6) is 0 Å². The van der Waals surface area contributed by atoms with Gasteiger partial charge in [-0.2, -0.15) is 0 Å². The summed E-state index contributed by atoms with van der Waals surface area (Å²) < 4.78 is 42.3. The molecule has 1 aliphatic carbocycles. The molecule has 12 heteroatoms. The molecule has 0 bridgehead atoms. The number of carbonyl (C=O) groups is 1. The number of hydrogen-bond acceptors (Lipinski definition) is 7. The van der Waals surface area contributed by atoms with Crippen LogP contribution >= 0.6 is 22.9 Å². The standard InChI is InChI=1S/C19H26ClFN4O2S2.CH2O2/c1-4-25(3)17-8-6-5-7-15(17)23-16-10-14(21)18(9-13(16)20)29(26,27)24-19-22-12(2)11-28-19;2-1-3/h9-11,15,17,23H,4-8H2,1-3H3,(H,22,24);1H,(H,2,3)/t15-,17-;/m0./s1. The minimum Gasteiger partial charge on any atom is -0.483 e. The van der Waals surface area contributed by atoms with Crippen molar-refractivity contribution in [3.63, 3.8) is 0 Å². The van der Waals surface area contributed by atoms with Gasteiger partial charge in [-0.05, 0) is 45.5 Å². The summed E-state index contributed by atoms with van der Waals surface area (Å²) in [5.41, 5.74) is 1.10. The average molecular weight is 507 g/mol. The van der Waals surface area contributed by atoms with E-state index in [1.54, 1.807) is 12.3 Å². The number of anilines is 2. The number of nitrogens with zero attached hydrogens (tertiary/aromatic N) is 2. The van der Waals surface area contributed by atoms with Crippen molar-refractivity contribution in [3.05, 3.63) is 34.0 Å². The Bertz CT molecular complexity index is 1020. The first-order chi connectivity index (χ1) is 15.1. The van der Waals surface area contributed by atoms with E-state index in [0.29, 0.717) is 17.4 Å². The molecule has 2 aromatic rings. The SMILES string of the molecule is CCN(C)[C@H]1CCCC[C@@H]1Nc1cc(F)c(S(=O)(=O)Nc2nc(C)cs2)cc1Cl.O=CO. The quantitative estimate of drug-likeness (QED) is 0.476. The van der Waals surface area contributed by atoms with Gasteiger partial charge in [0.1, 0.15) is 10.7 Å². The molecule has 32 heavy (non-hydrogen) atoms. The molecule has 8 nitrogen and oxygen atoms in total. The fraction of sp³-hybridized carbons (Fsp3) is 0.500. The molecule has 1 fully saturated rings. The summed E-state index contributed by atoms with van der Waals surface area (Å²) >= 11 is 7.49. The smallest absolute Gasteiger partial charge is 0.290 e. The van der Waals surface area contributed by atoms with Crippen LogP contribution in [0.25, 0.3) is 0 Å². The molecule has 2 atom stereocenters. The summed E-state index contributed by atoms with van der Waals surface area (Å²) in [4.78, 5) is 14.2. The highest BCUT2D eigenvalue weighted by Crippen LogP contribution is 2.33. The van der Waals surface area contributed by atoms with E-state index in [9.17, 15) is 12.8 Å². The number of benzene rings is 1. The Morgan fingerprint density at radius 2 is 2.03 bits per heavy atom. The molecule has 3 N–H and O–H groups in total. The number of aromatic nitrogens is 1. The largest absolute Gasteiger partial charge is 0.483 e. The summed E-state index contributed by atoms with van der Waals surface area (Å²) in [6.45, 7) is 4.53. The lowest BCUT2D eigenvalue weighted by Crippen LogP contribution is -2.47. The number of hydrogen-bond donors (Lipinski definition) is 3. The monoisotopic (exact) mass is 506 g/mol. The summed E-state index contributed by atoms with van der Waals surface area (Å²) in [6, 6.07) is 2.78. The highest BCUT2D eigenvalue weighted by molar-refractivity contribution is 7.93. The van der Waals surface area contributed by atoms with Crippen LogP contribution in [0, 0.1) is 12.7 Å². The summed E-state index contributed by atoms with van der Waals surface area (Å²) in [6.07, 6.45) is 4.27. The van der Waals surface area contributed by atoms with Crippen molar-refractivity contribution in [1.29, 1.82) is 0 Å². The van der Waals surface area contributed by atoms with Gasteiger partial charge in [-0.3, -0.25) is 9.52 Å². The number of thiazole rings is 1. The number of sulfonamides is 1. The molecule has 1 saturated carbocycles.